The van der Waals surface area contributed by atoms with Crippen LogP contribution in [-0.2, 0) is 9.59 Å². The molecule has 2 N–H and O–H groups in total. The van der Waals surface area contributed by atoms with Crippen molar-refractivity contribution in [2.24, 2.45) is 0 Å². The molecule has 0 saturated heterocycles. The van der Waals surface area contributed by atoms with Gasteiger partial charge in [-0.05, 0) is 13.8 Å². The number of hydrogen-bond acceptors (Lipinski definition) is 5. The summed E-state index contributed by atoms with van der Waals surface area (Å²) in [4.78, 5) is 24.9. The lowest BCUT2D eigenvalue weighted by molar-refractivity contribution is -0.139. The number of carboxylic acids is 1. The predicted molar refractivity (Wildman–Crippen MR) is 75.1 cm³/mol. The van der Waals surface area contributed by atoms with Crippen LogP contribution in [0.3, 0.4) is 0 Å². The Kier molecular flexibility index (Phi) is 3.12. The van der Waals surface area contributed by atoms with Gasteiger partial charge < -0.3 is 19.9 Å². The van der Waals surface area contributed by atoms with Crippen molar-refractivity contribution in [3.63, 3.8) is 0 Å². The predicted octanol–water partition coefficient (Wildman–Crippen LogP) is 1.08. The molecule has 7 heteroatoms. The lowest BCUT2D eigenvalue weighted by Gasteiger charge is -2.37. The molecule has 2 aliphatic rings. The van der Waals surface area contributed by atoms with E-state index in [1.165, 1.54) is 11.8 Å². The number of benzene rings is 1. The fourth-order valence-electron chi connectivity index (χ4n) is 2.53. The highest BCUT2D eigenvalue weighted by Crippen LogP contribution is 2.42. The lowest BCUT2D eigenvalue weighted by Crippen LogP contribution is -2.52. The van der Waals surface area contributed by atoms with Crippen LogP contribution < -0.4 is 19.7 Å². The van der Waals surface area contributed by atoms with Crippen LogP contribution in [-0.4, -0.2) is 42.3 Å². The van der Waals surface area contributed by atoms with E-state index < -0.39 is 18.1 Å². The number of ether oxygens (including phenoxy) is 2. The molecule has 3 rings (SSSR count). The molecule has 21 heavy (non-hydrogen) atoms. The zero-order valence-corrected chi connectivity index (χ0v) is 11.8. The number of rotatable bonds is 2. The van der Waals surface area contributed by atoms with Gasteiger partial charge in [-0.15, -0.1) is 0 Å². The summed E-state index contributed by atoms with van der Waals surface area (Å²) < 4.78 is 11.0. The van der Waals surface area contributed by atoms with Crippen molar-refractivity contribution >= 4 is 23.3 Å². The average molecular weight is 292 g/mol. The minimum atomic E-state index is -1.06. The number of nitrogens with one attached hydrogen (secondary N) is 1. The molecule has 2 unspecified atom stereocenters. The molecule has 7 nitrogen and oxygen atoms in total. The Labute approximate surface area is 121 Å². The minimum Gasteiger partial charge on any atom is -0.486 e. The summed E-state index contributed by atoms with van der Waals surface area (Å²) >= 11 is 0. The molecule has 0 bridgehead atoms. The van der Waals surface area contributed by atoms with Crippen molar-refractivity contribution < 1.29 is 24.2 Å². The molecule has 1 aromatic rings. The fourth-order valence-corrected chi connectivity index (χ4v) is 2.53. The Balaban J connectivity index is 2.11. The van der Waals surface area contributed by atoms with Crippen molar-refractivity contribution in [1.82, 2.24) is 0 Å². The van der Waals surface area contributed by atoms with Gasteiger partial charge in [0.1, 0.15) is 25.3 Å². The van der Waals surface area contributed by atoms with E-state index in [0.717, 1.165) is 0 Å². The van der Waals surface area contributed by atoms with Gasteiger partial charge in [-0.25, -0.2) is 4.79 Å². The van der Waals surface area contributed by atoms with Gasteiger partial charge in [0.25, 0.3) is 0 Å². The summed E-state index contributed by atoms with van der Waals surface area (Å²) in [5, 5.41) is 12.3. The van der Waals surface area contributed by atoms with Gasteiger partial charge in [0.15, 0.2) is 11.5 Å². The first-order valence-corrected chi connectivity index (χ1v) is 6.75. The quantitative estimate of drug-likeness (QED) is 0.848. The second kappa shape index (κ2) is 4.83. The first kappa shape index (κ1) is 13.5. The molecule has 0 spiro atoms. The second-order valence-corrected chi connectivity index (χ2v) is 5.10. The van der Waals surface area contributed by atoms with Gasteiger partial charge in [-0.2, -0.15) is 0 Å². The van der Waals surface area contributed by atoms with Crippen LogP contribution in [0.4, 0.5) is 11.4 Å². The Morgan fingerprint density at radius 2 is 2.00 bits per heavy atom. The van der Waals surface area contributed by atoms with Crippen molar-refractivity contribution in [3.8, 4) is 11.5 Å². The SMILES string of the molecule is CC1Nc2cc3c(cc2N(C(C)C(=O)O)C1=O)OCCO3. The summed E-state index contributed by atoms with van der Waals surface area (Å²) in [6.45, 7) is 4.08. The maximum absolute atomic E-state index is 12.3. The first-order chi connectivity index (χ1) is 9.99. The Bertz CT molecular complexity index is 616. The number of carboxylic acid groups (broad SMARTS) is 1. The normalized spacial score (nSPS) is 21.3. The molecule has 1 aromatic carbocycles. The van der Waals surface area contributed by atoms with E-state index in [0.29, 0.717) is 36.1 Å². The monoisotopic (exact) mass is 292 g/mol. The van der Waals surface area contributed by atoms with Gasteiger partial charge in [0, 0.05) is 12.1 Å². The number of aliphatic carboxylic acids is 1. The maximum Gasteiger partial charge on any atom is 0.326 e. The fraction of sp³-hybridized carbons (Fsp3) is 0.429. The van der Waals surface area contributed by atoms with Crippen LogP contribution in [0.15, 0.2) is 12.1 Å². The summed E-state index contributed by atoms with van der Waals surface area (Å²) in [5.41, 5.74) is 1.16. The highest BCUT2D eigenvalue weighted by Gasteiger charge is 2.37. The molecule has 1 amide bonds. The smallest absolute Gasteiger partial charge is 0.326 e. The van der Waals surface area contributed by atoms with Crippen LogP contribution in [0.2, 0.25) is 0 Å². The van der Waals surface area contributed by atoms with E-state index in [1.54, 1.807) is 19.1 Å². The Morgan fingerprint density at radius 3 is 2.62 bits per heavy atom. The number of carbonyl (C=O) groups is 2. The Hall–Kier alpha value is -2.44. The van der Waals surface area contributed by atoms with Crippen LogP contribution in [0.5, 0.6) is 11.5 Å². The molecule has 0 radical (unpaired) electrons. The van der Waals surface area contributed by atoms with E-state index >= 15 is 0 Å². The molecule has 0 aromatic heterocycles. The molecule has 2 aliphatic heterocycles. The van der Waals surface area contributed by atoms with E-state index in [4.69, 9.17) is 9.47 Å². The second-order valence-electron chi connectivity index (χ2n) is 5.10. The summed E-state index contributed by atoms with van der Waals surface area (Å²) in [6.07, 6.45) is 0. The van der Waals surface area contributed by atoms with Gasteiger partial charge in [0.05, 0.1) is 11.4 Å². The molecule has 2 heterocycles. The minimum absolute atomic E-state index is 0.283. The van der Waals surface area contributed by atoms with Crippen LogP contribution in [0.25, 0.3) is 0 Å². The number of amides is 1. The largest absolute Gasteiger partial charge is 0.486 e. The van der Waals surface area contributed by atoms with Gasteiger partial charge >= 0.3 is 5.97 Å². The summed E-state index contributed by atoms with van der Waals surface area (Å²) in [5.74, 6) is -0.226. The van der Waals surface area contributed by atoms with E-state index in [2.05, 4.69) is 5.32 Å². The van der Waals surface area contributed by atoms with Gasteiger partial charge in [-0.3, -0.25) is 9.69 Å². The zero-order chi connectivity index (χ0) is 15.1. The number of fused-ring (bicyclic) bond motifs is 2. The molecular weight excluding hydrogens is 276 g/mol. The highest BCUT2D eigenvalue weighted by atomic mass is 16.6. The molecule has 0 saturated carbocycles. The van der Waals surface area contributed by atoms with Gasteiger partial charge in [-0.1, -0.05) is 0 Å². The van der Waals surface area contributed by atoms with Crippen molar-refractivity contribution in [2.75, 3.05) is 23.4 Å². The van der Waals surface area contributed by atoms with Crippen LogP contribution in [0.1, 0.15) is 13.8 Å². The standard InChI is InChI=1S/C14H16N2O5/c1-7-13(17)16(8(2)14(18)19)10-6-12-11(5-9(10)15-7)20-3-4-21-12/h5-8,15H,3-4H2,1-2H3,(H,18,19). The third-order valence-corrected chi connectivity index (χ3v) is 3.64. The van der Waals surface area contributed by atoms with E-state index in [-0.39, 0.29) is 5.91 Å². The average Bonchev–Trinajstić information content (AvgIpc) is 2.46. The maximum atomic E-state index is 12.3. The zero-order valence-electron chi connectivity index (χ0n) is 11.8. The molecular formula is C14H16N2O5. The first-order valence-electron chi connectivity index (χ1n) is 6.75. The number of hydrogen-bond donors (Lipinski definition) is 2. The number of anilines is 2. The highest BCUT2D eigenvalue weighted by molar-refractivity contribution is 6.08. The third kappa shape index (κ3) is 2.14. The van der Waals surface area contributed by atoms with E-state index in [9.17, 15) is 14.7 Å². The van der Waals surface area contributed by atoms with Crippen molar-refractivity contribution in [1.29, 1.82) is 0 Å². The molecule has 2 atom stereocenters. The van der Waals surface area contributed by atoms with Crippen molar-refractivity contribution in [3.05, 3.63) is 12.1 Å². The van der Waals surface area contributed by atoms with E-state index in [1.807, 2.05) is 0 Å². The summed E-state index contributed by atoms with van der Waals surface area (Å²) in [6, 6.07) is 1.94. The topological polar surface area (TPSA) is 88.1 Å². The molecule has 0 fully saturated rings. The van der Waals surface area contributed by atoms with Crippen LogP contribution in [0, 0.1) is 0 Å². The molecule has 0 aliphatic carbocycles. The lowest BCUT2D eigenvalue weighted by atomic mass is 10.1. The summed E-state index contributed by atoms with van der Waals surface area (Å²) in [7, 11) is 0. The molecule has 112 valence electrons. The van der Waals surface area contributed by atoms with Gasteiger partial charge in [0.2, 0.25) is 5.91 Å². The number of carbonyl (C=O) groups excluding carboxylic acids is 1. The van der Waals surface area contributed by atoms with Crippen LogP contribution >= 0.6 is 0 Å². The number of nitrogens with zero attached hydrogens (tertiary/aromatic N) is 1. The van der Waals surface area contributed by atoms with Crippen molar-refractivity contribution in [2.45, 2.75) is 25.9 Å². The third-order valence-electron chi connectivity index (χ3n) is 3.64. The Morgan fingerprint density at radius 1 is 1.38 bits per heavy atom.